The first-order valence-electron chi connectivity index (χ1n) is 8.55. The predicted molar refractivity (Wildman–Crippen MR) is 105 cm³/mol. The lowest BCUT2D eigenvalue weighted by molar-refractivity contribution is 0.0538. The van der Waals surface area contributed by atoms with Gasteiger partial charge in [0.1, 0.15) is 5.82 Å². The Labute approximate surface area is 164 Å². The highest BCUT2D eigenvalue weighted by Gasteiger charge is 2.26. The van der Waals surface area contributed by atoms with E-state index in [1.807, 2.05) is 6.07 Å². The van der Waals surface area contributed by atoms with Crippen molar-refractivity contribution in [3.63, 3.8) is 0 Å². The molecule has 0 unspecified atom stereocenters. The fourth-order valence-corrected chi connectivity index (χ4v) is 4.34. The molecule has 0 N–H and O–H groups in total. The van der Waals surface area contributed by atoms with Crippen molar-refractivity contribution in [2.75, 3.05) is 26.2 Å². The molecule has 0 radical (unpaired) electrons. The molecule has 2 amide bonds. The largest absolute Gasteiger partial charge is 0.335 e. The van der Waals surface area contributed by atoms with Gasteiger partial charge < -0.3 is 9.80 Å². The van der Waals surface area contributed by atoms with Crippen LogP contribution in [0.15, 0.2) is 48.5 Å². The van der Waals surface area contributed by atoms with Crippen molar-refractivity contribution in [1.29, 1.82) is 0 Å². The van der Waals surface area contributed by atoms with Crippen molar-refractivity contribution in [2.24, 2.45) is 0 Å². The van der Waals surface area contributed by atoms with Gasteiger partial charge in [0.2, 0.25) is 0 Å². The minimum Gasteiger partial charge on any atom is -0.335 e. The summed E-state index contributed by atoms with van der Waals surface area (Å²) in [5.41, 5.74) is 0.583. The molecule has 2 heterocycles. The van der Waals surface area contributed by atoms with E-state index in [0.717, 1.165) is 4.70 Å². The van der Waals surface area contributed by atoms with E-state index in [-0.39, 0.29) is 17.6 Å². The van der Waals surface area contributed by atoms with E-state index in [1.165, 1.54) is 17.4 Å². The first-order valence-corrected chi connectivity index (χ1v) is 9.74. The van der Waals surface area contributed by atoms with E-state index >= 15 is 0 Å². The maximum absolute atomic E-state index is 13.9. The van der Waals surface area contributed by atoms with Crippen LogP contribution in [0.25, 0.3) is 10.1 Å². The summed E-state index contributed by atoms with van der Waals surface area (Å²) in [4.78, 5) is 29.3. The van der Waals surface area contributed by atoms with Crippen molar-refractivity contribution in [3.05, 3.63) is 69.8 Å². The van der Waals surface area contributed by atoms with Crippen LogP contribution in [-0.4, -0.2) is 47.8 Å². The Hall–Kier alpha value is -2.44. The number of benzene rings is 2. The molecule has 27 heavy (non-hydrogen) atoms. The zero-order valence-corrected chi connectivity index (χ0v) is 15.9. The van der Waals surface area contributed by atoms with Crippen molar-refractivity contribution in [3.8, 4) is 0 Å². The molecule has 7 heteroatoms. The molecule has 0 spiro atoms. The molecule has 4 nitrogen and oxygen atoms in total. The highest BCUT2D eigenvalue weighted by Crippen LogP contribution is 2.28. The van der Waals surface area contributed by atoms with Crippen LogP contribution in [0.1, 0.15) is 20.0 Å². The highest BCUT2D eigenvalue weighted by atomic mass is 35.5. The molecular weight excluding hydrogens is 387 g/mol. The number of piperazine rings is 1. The van der Waals surface area contributed by atoms with E-state index in [0.29, 0.717) is 47.0 Å². The van der Waals surface area contributed by atoms with Crippen LogP contribution in [0.5, 0.6) is 0 Å². The number of fused-ring (bicyclic) bond motifs is 1. The summed E-state index contributed by atoms with van der Waals surface area (Å²) in [7, 11) is 0. The molecule has 0 aliphatic carbocycles. The summed E-state index contributed by atoms with van der Waals surface area (Å²) in [6.07, 6.45) is 0. The van der Waals surface area contributed by atoms with Crippen molar-refractivity contribution in [2.45, 2.75) is 0 Å². The molecular formula is C20H16ClFN2O2S. The monoisotopic (exact) mass is 402 g/mol. The third-order valence-electron chi connectivity index (χ3n) is 4.66. The molecule has 0 atom stereocenters. The van der Waals surface area contributed by atoms with Crippen LogP contribution in [0, 0.1) is 5.82 Å². The number of thiophene rings is 1. The summed E-state index contributed by atoms with van der Waals surface area (Å²) in [5, 5.41) is 1.06. The Morgan fingerprint density at radius 3 is 2.19 bits per heavy atom. The predicted octanol–water partition coefficient (Wildman–Crippen LogP) is 4.29. The Morgan fingerprint density at radius 2 is 1.56 bits per heavy atom. The van der Waals surface area contributed by atoms with E-state index in [2.05, 4.69) is 0 Å². The number of carbonyl (C=O) groups is 2. The minimum absolute atomic E-state index is 0.0669. The fourth-order valence-electron chi connectivity index (χ4n) is 3.17. The molecule has 1 fully saturated rings. The van der Waals surface area contributed by atoms with Gasteiger partial charge in [0.15, 0.2) is 0 Å². The molecule has 0 saturated carbocycles. The molecule has 2 aromatic carbocycles. The number of rotatable bonds is 2. The molecule has 1 saturated heterocycles. The molecule has 0 bridgehead atoms. The Morgan fingerprint density at radius 1 is 0.926 bits per heavy atom. The van der Waals surface area contributed by atoms with Crippen molar-refractivity contribution >= 4 is 44.8 Å². The van der Waals surface area contributed by atoms with Gasteiger partial charge in [-0.2, -0.15) is 0 Å². The van der Waals surface area contributed by atoms with Crippen LogP contribution < -0.4 is 0 Å². The standard InChI is InChI=1S/C20H16ClFN2O2S/c21-14-6-4-13(5-7-14)19(25)23-8-10-24(11-9-23)20(26)18-12-15-16(22)2-1-3-17(15)27-18/h1-7,12H,8-11H2. The fraction of sp³-hybridized carbons (Fsp3) is 0.200. The van der Waals surface area contributed by atoms with Crippen LogP contribution in [-0.2, 0) is 0 Å². The van der Waals surface area contributed by atoms with Gasteiger partial charge in [-0.15, -0.1) is 11.3 Å². The van der Waals surface area contributed by atoms with Crippen LogP contribution >= 0.6 is 22.9 Å². The van der Waals surface area contributed by atoms with Crippen molar-refractivity contribution in [1.82, 2.24) is 9.80 Å². The number of carbonyl (C=O) groups excluding carboxylic acids is 2. The molecule has 1 aromatic heterocycles. The quantitative estimate of drug-likeness (QED) is 0.641. The lowest BCUT2D eigenvalue weighted by atomic mass is 10.2. The number of nitrogens with zero attached hydrogens (tertiary/aromatic N) is 2. The number of amides is 2. The molecule has 1 aliphatic heterocycles. The van der Waals surface area contributed by atoms with Crippen LogP contribution in [0.4, 0.5) is 4.39 Å². The van der Waals surface area contributed by atoms with Crippen LogP contribution in [0.3, 0.4) is 0 Å². The highest BCUT2D eigenvalue weighted by molar-refractivity contribution is 7.20. The maximum Gasteiger partial charge on any atom is 0.264 e. The number of hydrogen-bond donors (Lipinski definition) is 0. The van der Waals surface area contributed by atoms with Gasteiger partial charge in [0.05, 0.1) is 4.88 Å². The summed E-state index contributed by atoms with van der Waals surface area (Å²) in [6.45, 7) is 1.84. The van der Waals surface area contributed by atoms with Gasteiger partial charge in [-0.3, -0.25) is 9.59 Å². The lowest BCUT2D eigenvalue weighted by Crippen LogP contribution is -2.50. The van der Waals surface area contributed by atoms with Gasteiger partial charge in [0.25, 0.3) is 11.8 Å². The topological polar surface area (TPSA) is 40.6 Å². The van der Waals surface area contributed by atoms with Gasteiger partial charge in [-0.25, -0.2) is 4.39 Å². The van der Waals surface area contributed by atoms with E-state index in [9.17, 15) is 14.0 Å². The summed E-state index contributed by atoms with van der Waals surface area (Å²) in [5.74, 6) is -0.502. The number of hydrogen-bond acceptors (Lipinski definition) is 3. The zero-order chi connectivity index (χ0) is 19.0. The average Bonchev–Trinajstić information content (AvgIpc) is 3.13. The van der Waals surface area contributed by atoms with Gasteiger partial charge in [-0.1, -0.05) is 17.7 Å². The summed E-state index contributed by atoms with van der Waals surface area (Å²) in [6, 6.07) is 13.2. The second-order valence-electron chi connectivity index (χ2n) is 6.35. The van der Waals surface area contributed by atoms with Crippen molar-refractivity contribution < 1.29 is 14.0 Å². The van der Waals surface area contributed by atoms with Gasteiger partial charge in [0, 0.05) is 46.9 Å². The van der Waals surface area contributed by atoms with Crippen LogP contribution in [0.2, 0.25) is 5.02 Å². The molecule has 138 valence electrons. The Balaban J connectivity index is 1.43. The minimum atomic E-state index is -0.318. The van der Waals surface area contributed by atoms with E-state index in [1.54, 1.807) is 46.2 Å². The zero-order valence-electron chi connectivity index (χ0n) is 14.3. The Kier molecular flexibility index (Phi) is 4.85. The first kappa shape index (κ1) is 17.9. The van der Waals surface area contributed by atoms with E-state index in [4.69, 9.17) is 11.6 Å². The Bertz CT molecular complexity index is 1010. The second-order valence-corrected chi connectivity index (χ2v) is 7.87. The average molecular weight is 403 g/mol. The maximum atomic E-state index is 13.9. The smallest absolute Gasteiger partial charge is 0.264 e. The van der Waals surface area contributed by atoms with Gasteiger partial charge in [-0.05, 0) is 42.5 Å². The third kappa shape index (κ3) is 3.55. The number of halogens is 2. The SMILES string of the molecule is O=C(c1ccc(Cl)cc1)N1CCN(C(=O)c2cc3c(F)cccc3s2)CC1. The second kappa shape index (κ2) is 7.29. The lowest BCUT2D eigenvalue weighted by Gasteiger charge is -2.34. The van der Waals surface area contributed by atoms with Gasteiger partial charge >= 0.3 is 0 Å². The molecule has 1 aliphatic rings. The first-order chi connectivity index (χ1) is 13.0. The van der Waals surface area contributed by atoms with E-state index < -0.39 is 0 Å². The summed E-state index contributed by atoms with van der Waals surface area (Å²) >= 11 is 7.16. The normalized spacial score (nSPS) is 14.6. The summed E-state index contributed by atoms with van der Waals surface area (Å²) < 4.78 is 14.6. The molecule has 4 rings (SSSR count). The third-order valence-corrected chi connectivity index (χ3v) is 6.00. The molecule has 3 aromatic rings.